The van der Waals surface area contributed by atoms with E-state index >= 15 is 0 Å². The fourth-order valence-electron chi connectivity index (χ4n) is 3.10. The molecule has 1 aliphatic rings. The van der Waals surface area contributed by atoms with Crippen molar-refractivity contribution in [3.05, 3.63) is 41.4 Å². The Bertz CT molecular complexity index is 889. The van der Waals surface area contributed by atoms with Crippen LogP contribution in [0.4, 0.5) is 0 Å². The molecule has 1 aliphatic heterocycles. The number of H-pyrrole nitrogens is 1. The lowest BCUT2D eigenvalue weighted by atomic mass is 10.1. The van der Waals surface area contributed by atoms with E-state index < -0.39 is 0 Å². The molecule has 4 heterocycles. The summed E-state index contributed by atoms with van der Waals surface area (Å²) < 4.78 is 15.5. The first-order valence-electron chi connectivity index (χ1n) is 8.86. The molecule has 0 unspecified atom stereocenters. The van der Waals surface area contributed by atoms with Gasteiger partial charge in [-0.1, -0.05) is 5.16 Å². The molecule has 0 saturated heterocycles. The third kappa shape index (κ3) is 3.99. The zero-order chi connectivity index (χ0) is 18.6. The van der Waals surface area contributed by atoms with Crippen molar-refractivity contribution in [3.8, 4) is 17.3 Å². The maximum Gasteiger partial charge on any atom is 0.240 e. The van der Waals surface area contributed by atoms with Gasteiger partial charge in [0, 0.05) is 50.9 Å². The molecule has 0 saturated carbocycles. The van der Waals surface area contributed by atoms with Crippen LogP contribution >= 0.6 is 0 Å². The standard InChI is InChI=1S/C18H22N6O3/c1-25-8-6-15-22-17(27-23-15)11-24-7-5-13-14(10-24)21-18(20-13)12-3-4-16(26-2)19-9-12/h3-4,9H,5-8,10-11H2,1-2H3,(H,20,21). The van der Waals surface area contributed by atoms with Gasteiger partial charge >= 0.3 is 0 Å². The first-order valence-corrected chi connectivity index (χ1v) is 8.86. The van der Waals surface area contributed by atoms with Gasteiger partial charge in [-0.05, 0) is 6.07 Å². The molecule has 0 aromatic carbocycles. The van der Waals surface area contributed by atoms with Crippen LogP contribution < -0.4 is 4.74 Å². The van der Waals surface area contributed by atoms with Gasteiger partial charge in [-0.3, -0.25) is 4.90 Å². The van der Waals surface area contributed by atoms with Crippen molar-refractivity contribution in [1.29, 1.82) is 0 Å². The average Bonchev–Trinajstić information content (AvgIpc) is 3.33. The van der Waals surface area contributed by atoms with E-state index in [2.05, 4.69) is 25.0 Å². The first-order chi connectivity index (χ1) is 13.2. The van der Waals surface area contributed by atoms with E-state index in [1.165, 1.54) is 0 Å². The number of aromatic nitrogens is 5. The third-order valence-corrected chi connectivity index (χ3v) is 4.53. The molecule has 27 heavy (non-hydrogen) atoms. The highest BCUT2D eigenvalue weighted by molar-refractivity contribution is 5.55. The SMILES string of the molecule is COCCc1noc(CN2CCc3nc(-c4ccc(OC)nc4)[nH]c3C2)n1. The van der Waals surface area contributed by atoms with Crippen LogP contribution in [-0.2, 0) is 30.7 Å². The first kappa shape index (κ1) is 17.6. The van der Waals surface area contributed by atoms with Gasteiger partial charge in [0.1, 0.15) is 5.82 Å². The van der Waals surface area contributed by atoms with Crippen molar-refractivity contribution in [2.75, 3.05) is 27.4 Å². The lowest BCUT2D eigenvalue weighted by Crippen LogP contribution is -2.30. The summed E-state index contributed by atoms with van der Waals surface area (Å²) in [6, 6.07) is 3.79. The number of rotatable bonds is 7. The average molecular weight is 370 g/mol. The second kappa shape index (κ2) is 7.85. The number of nitrogens with zero attached hydrogens (tertiary/aromatic N) is 5. The Hall–Kier alpha value is -2.78. The number of pyridine rings is 1. The van der Waals surface area contributed by atoms with E-state index in [1.807, 2.05) is 12.1 Å². The van der Waals surface area contributed by atoms with E-state index in [-0.39, 0.29) is 0 Å². The van der Waals surface area contributed by atoms with Crippen LogP contribution in [0.25, 0.3) is 11.4 Å². The van der Waals surface area contributed by atoms with Gasteiger partial charge in [-0.15, -0.1) is 0 Å². The molecule has 0 atom stereocenters. The van der Waals surface area contributed by atoms with E-state index in [0.717, 1.165) is 42.3 Å². The molecule has 0 fully saturated rings. The highest BCUT2D eigenvalue weighted by Gasteiger charge is 2.22. The summed E-state index contributed by atoms with van der Waals surface area (Å²) in [5.74, 6) is 2.73. The zero-order valence-corrected chi connectivity index (χ0v) is 15.4. The fraction of sp³-hybridized carbons (Fsp3) is 0.444. The van der Waals surface area contributed by atoms with E-state index in [9.17, 15) is 0 Å². The predicted molar refractivity (Wildman–Crippen MR) is 96.1 cm³/mol. The molecular formula is C18H22N6O3. The lowest BCUT2D eigenvalue weighted by Gasteiger charge is -2.24. The number of imidazole rings is 1. The maximum atomic E-state index is 5.34. The molecule has 9 heteroatoms. The van der Waals surface area contributed by atoms with Crippen molar-refractivity contribution >= 4 is 0 Å². The molecule has 4 rings (SSSR count). The van der Waals surface area contributed by atoms with Crippen molar-refractivity contribution < 1.29 is 14.0 Å². The van der Waals surface area contributed by atoms with Crippen molar-refractivity contribution in [1.82, 2.24) is 30.0 Å². The Kier molecular flexibility index (Phi) is 5.12. The van der Waals surface area contributed by atoms with Crippen LogP contribution in [0.3, 0.4) is 0 Å². The summed E-state index contributed by atoms with van der Waals surface area (Å²) in [6.07, 6.45) is 3.30. The largest absolute Gasteiger partial charge is 0.481 e. The second-order valence-electron chi connectivity index (χ2n) is 6.41. The van der Waals surface area contributed by atoms with Gasteiger partial charge in [0.2, 0.25) is 11.8 Å². The van der Waals surface area contributed by atoms with Crippen LogP contribution in [-0.4, -0.2) is 57.4 Å². The molecular weight excluding hydrogens is 348 g/mol. The highest BCUT2D eigenvalue weighted by Crippen LogP contribution is 2.24. The Balaban J connectivity index is 1.42. The van der Waals surface area contributed by atoms with Crippen molar-refractivity contribution in [2.24, 2.45) is 0 Å². The summed E-state index contributed by atoms with van der Waals surface area (Å²) in [6.45, 7) is 2.87. The fourth-order valence-corrected chi connectivity index (χ4v) is 3.10. The smallest absolute Gasteiger partial charge is 0.240 e. The predicted octanol–water partition coefficient (Wildman–Crippen LogP) is 1.61. The van der Waals surface area contributed by atoms with Crippen LogP contribution in [0.5, 0.6) is 5.88 Å². The Labute approximate surface area is 156 Å². The van der Waals surface area contributed by atoms with Gasteiger partial charge in [0.05, 0.1) is 31.6 Å². The van der Waals surface area contributed by atoms with Gasteiger partial charge in [0.15, 0.2) is 5.82 Å². The van der Waals surface area contributed by atoms with E-state index in [0.29, 0.717) is 37.2 Å². The Morgan fingerprint density at radius 1 is 1.26 bits per heavy atom. The summed E-state index contributed by atoms with van der Waals surface area (Å²) >= 11 is 0. The Morgan fingerprint density at radius 2 is 2.19 bits per heavy atom. The summed E-state index contributed by atoms with van der Waals surface area (Å²) in [7, 11) is 3.26. The number of methoxy groups -OCH3 is 2. The number of nitrogens with one attached hydrogen (secondary N) is 1. The Morgan fingerprint density at radius 3 is 2.96 bits per heavy atom. The molecule has 142 valence electrons. The highest BCUT2D eigenvalue weighted by atomic mass is 16.5. The topological polar surface area (TPSA) is 102 Å². The molecule has 0 amide bonds. The number of fused-ring (bicyclic) bond motifs is 1. The van der Waals surface area contributed by atoms with Crippen molar-refractivity contribution in [2.45, 2.75) is 25.9 Å². The monoisotopic (exact) mass is 370 g/mol. The minimum absolute atomic E-state index is 0.586. The van der Waals surface area contributed by atoms with E-state index in [1.54, 1.807) is 20.4 Å². The minimum atomic E-state index is 0.586. The zero-order valence-electron chi connectivity index (χ0n) is 15.4. The number of aromatic amines is 1. The van der Waals surface area contributed by atoms with Gasteiger partial charge in [-0.2, -0.15) is 4.98 Å². The molecule has 0 aliphatic carbocycles. The number of hydrogen-bond acceptors (Lipinski definition) is 8. The number of ether oxygens (including phenoxy) is 2. The molecule has 1 N–H and O–H groups in total. The molecule has 0 bridgehead atoms. The second-order valence-corrected chi connectivity index (χ2v) is 6.41. The third-order valence-electron chi connectivity index (χ3n) is 4.53. The molecule has 3 aromatic heterocycles. The summed E-state index contributed by atoms with van der Waals surface area (Å²) in [5, 5.41) is 3.99. The van der Waals surface area contributed by atoms with E-state index in [4.69, 9.17) is 19.0 Å². The minimum Gasteiger partial charge on any atom is -0.481 e. The molecule has 3 aromatic rings. The van der Waals surface area contributed by atoms with Gasteiger partial charge in [-0.25, -0.2) is 9.97 Å². The molecule has 0 radical (unpaired) electrons. The lowest BCUT2D eigenvalue weighted by molar-refractivity contribution is 0.198. The molecule has 9 nitrogen and oxygen atoms in total. The van der Waals surface area contributed by atoms with Crippen LogP contribution in [0.15, 0.2) is 22.9 Å². The number of hydrogen-bond donors (Lipinski definition) is 1. The molecule has 0 spiro atoms. The normalized spacial score (nSPS) is 14.3. The van der Waals surface area contributed by atoms with Crippen molar-refractivity contribution in [3.63, 3.8) is 0 Å². The van der Waals surface area contributed by atoms with Gasteiger partial charge < -0.3 is 19.0 Å². The van der Waals surface area contributed by atoms with Gasteiger partial charge in [0.25, 0.3) is 0 Å². The summed E-state index contributed by atoms with van der Waals surface area (Å²) in [4.78, 5) is 19.1. The van der Waals surface area contributed by atoms with Crippen LogP contribution in [0.2, 0.25) is 0 Å². The quantitative estimate of drug-likeness (QED) is 0.669. The van der Waals surface area contributed by atoms with Crippen LogP contribution in [0, 0.1) is 0 Å². The maximum absolute atomic E-state index is 5.34. The van der Waals surface area contributed by atoms with Crippen LogP contribution in [0.1, 0.15) is 23.1 Å². The summed E-state index contributed by atoms with van der Waals surface area (Å²) in [5.41, 5.74) is 3.16.